The summed E-state index contributed by atoms with van der Waals surface area (Å²) in [6, 6.07) is 8.02. The van der Waals surface area contributed by atoms with Gasteiger partial charge in [-0.3, -0.25) is 0 Å². The Kier molecular flexibility index (Phi) is 6.20. The molecule has 0 aliphatic rings. The SMILES string of the molecule is C=C(CCCCC(C)=O)c1ccc(OCC)cc1. The molecule has 0 N–H and O–H groups in total. The second-order valence-corrected chi connectivity index (χ2v) is 4.47. The average Bonchev–Trinajstić information content (AvgIpc) is 2.35. The van der Waals surface area contributed by atoms with Crippen molar-refractivity contribution in [1.29, 1.82) is 0 Å². The minimum atomic E-state index is 0.265. The van der Waals surface area contributed by atoms with E-state index in [1.54, 1.807) is 6.92 Å². The van der Waals surface area contributed by atoms with Gasteiger partial charge in [0.2, 0.25) is 0 Å². The molecular formula is C16H22O2. The van der Waals surface area contributed by atoms with E-state index < -0.39 is 0 Å². The molecule has 0 radical (unpaired) electrons. The van der Waals surface area contributed by atoms with Gasteiger partial charge in [-0.05, 0) is 56.4 Å². The number of carbonyl (C=O) groups is 1. The van der Waals surface area contributed by atoms with Gasteiger partial charge < -0.3 is 9.53 Å². The van der Waals surface area contributed by atoms with Crippen LogP contribution in [0.15, 0.2) is 30.8 Å². The number of hydrogen-bond acceptors (Lipinski definition) is 2. The molecule has 0 aromatic heterocycles. The Labute approximate surface area is 110 Å². The quantitative estimate of drug-likeness (QED) is 0.641. The van der Waals surface area contributed by atoms with Gasteiger partial charge in [0.25, 0.3) is 0 Å². The Bertz CT molecular complexity index is 390. The molecule has 0 saturated heterocycles. The monoisotopic (exact) mass is 246 g/mol. The number of carbonyl (C=O) groups excluding carboxylic acids is 1. The third-order valence-corrected chi connectivity index (χ3v) is 2.83. The van der Waals surface area contributed by atoms with Crippen molar-refractivity contribution >= 4 is 11.4 Å². The second-order valence-electron chi connectivity index (χ2n) is 4.47. The summed E-state index contributed by atoms with van der Waals surface area (Å²) in [5, 5.41) is 0. The van der Waals surface area contributed by atoms with E-state index >= 15 is 0 Å². The van der Waals surface area contributed by atoms with Crippen LogP contribution >= 0.6 is 0 Å². The predicted molar refractivity (Wildman–Crippen MR) is 75.8 cm³/mol. The van der Waals surface area contributed by atoms with Gasteiger partial charge in [-0.2, -0.15) is 0 Å². The van der Waals surface area contributed by atoms with Gasteiger partial charge >= 0.3 is 0 Å². The first-order valence-electron chi connectivity index (χ1n) is 6.54. The standard InChI is InChI=1S/C16H22O2/c1-4-18-16-11-9-15(10-12-16)13(2)7-5-6-8-14(3)17/h9-12H,2,4-8H2,1,3H3. The molecule has 1 rings (SSSR count). The van der Waals surface area contributed by atoms with E-state index in [0.29, 0.717) is 13.0 Å². The highest BCUT2D eigenvalue weighted by atomic mass is 16.5. The maximum atomic E-state index is 10.8. The lowest BCUT2D eigenvalue weighted by molar-refractivity contribution is -0.117. The molecular weight excluding hydrogens is 224 g/mol. The average molecular weight is 246 g/mol. The van der Waals surface area contributed by atoms with Gasteiger partial charge in [0.15, 0.2) is 0 Å². The molecule has 98 valence electrons. The molecule has 1 aromatic rings. The van der Waals surface area contributed by atoms with Crippen LogP contribution in [-0.2, 0) is 4.79 Å². The Morgan fingerprint density at radius 3 is 2.33 bits per heavy atom. The predicted octanol–water partition coefficient (Wildman–Crippen LogP) is 4.25. The van der Waals surface area contributed by atoms with Gasteiger partial charge in [0.1, 0.15) is 11.5 Å². The molecule has 0 fully saturated rings. The Hall–Kier alpha value is -1.57. The van der Waals surface area contributed by atoms with E-state index in [0.717, 1.165) is 36.1 Å². The summed E-state index contributed by atoms with van der Waals surface area (Å²) < 4.78 is 5.40. The summed E-state index contributed by atoms with van der Waals surface area (Å²) in [6.07, 6.45) is 3.59. The highest BCUT2D eigenvalue weighted by molar-refractivity contribution is 5.75. The van der Waals surface area contributed by atoms with Crippen LogP contribution in [0, 0.1) is 0 Å². The van der Waals surface area contributed by atoms with Crippen LogP contribution in [0.2, 0.25) is 0 Å². The molecule has 0 amide bonds. The number of hydrogen-bond donors (Lipinski definition) is 0. The fourth-order valence-electron chi connectivity index (χ4n) is 1.81. The zero-order valence-electron chi connectivity index (χ0n) is 11.4. The van der Waals surface area contributed by atoms with E-state index in [-0.39, 0.29) is 5.78 Å². The summed E-state index contributed by atoms with van der Waals surface area (Å²) in [7, 11) is 0. The number of ketones is 1. The van der Waals surface area contributed by atoms with Crippen molar-refractivity contribution in [3.8, 4) is 5.75 Å². The van der Waals surface area contributed by atoms with Gasteiger partial charge in [0, 0.05) is 6.42 Å². The molecule has 0 atom stereocenters. The first-order chi connectivity index (χ1) is 8.63. The third-order valence-electron chi connectivity index (χ3n) is 2.83. The van der Waals surface area contributed by atoms with Gasteiger partial charge in [-0.25, -0.2) is 0 Å². The van der Waals surface area contributed by atoms with E-state index in [1.165, 1.54) is 0 Å². The summed E-state index contributed by atoms with van der Waals surface area (Å²) in [5.74, 6) is 1.16. The summed E-state index contributed by atoms with van der Waals surface area (Å²) in [6.45, 7) is 8.39. The number of benzene rings is 1. The van der Waals surface area contributed by atoms with E-state index in [2.05, 4.69) is 6.58 Å². The zero-order chi connectivity index (χ0) is 13.4. The molecule has 0 unspecified atom stereocenters. The first-order valence-corrected chi connectivity index (χ1v) is 6.54. The molecule has 0 bridgehead atoms. The van der Waals surface area contributed by atoms with Crippen LogP contribution in [0.5, 0.6) is 5.75 Å². The zero-order valence-corrected chi connectivity index (χ0v) is 11.4. The normalized spacial score (nSPS) is 10.1. The van der Waals surface area contributed by atoms with Crippen LogP contribution in [-0.4, -0.2) is 12.4 Å². The summed E-state index contributed by atoms with van der Waals surface area (Å²) in [5.41, 5.74) is 2.28. The number of ether oxygens (including phenoxy) is 1. The van der Waals surface area contributed by atoms with Crippen molar-refractivity contribution in [3.05, 3.63) is 36.4 Å². The van der Waals surface area contributed by atoms with Crippen molar-refractivity contribution in [2.75, 3.05) is 6.61 Å². The van der Waals surface area contributed by atoms with Crippen LogP contribution in [0.4, 0.5) is 0 Å². The minimum absolute atomic E-state index is 0.265. The van der Waals surface area contributed by atoms with Crippen molar-refractivity contribution in [2.45, 2.75) is 39.5 Å². The lowest BCUT2D eigenvalue weighted by atomic mass is 10.0. The highest BCUT2D eigenvalue weighted by Gasteiger charge is 2.01. The summed E-state index contributed by atoms with van der Waals surface area (Å²) in [4.78, 5) is 10.8. The Morgan fingerprint density at radius 1 is 1.17 bits per heavy atom. The molecule has 0 saturated carbocycles. The second kappa shape index (κ2) is 7.70. The minimum Gasteiger partial charge on any atom is -0.494 e. The first kappa shape index (κ1) is 14.5. The van der Waals surface area contributed by atoms with Crippen LogP contribution in [0.1, 0.15) is 45.1 Å². The van der Waals surface area contributed by atoms with Gasteiger partial charge in [-0.15, -0.1) is 0 Å². The smallest absolute Gasteiger partial charge is 0.129 e. The van der Waals surface area contributed by atoms with Crippen molar-refractivity contribution < 1.29 is 9.53 Å². The summed E-state index contributed by atoms with van der Waals surface area (Å²) >= 11 is 0. The largest absolute Gasteiger partial charge is 0.494 e. The van der Waals surface area contributed by atoms with E-state index in [4.69, 9.17) is 4.74 Å². The molecule has 0 aliphatic carbocycles. The topological polar surface area (TPSA) is 26.3 Å². The van der Waals surface area contributed by atoms with Gasteiger partial charge in [-0.1, -0.05) is 18.7 Å². The molecule has 2 nitrogen and oxygen atoms in total. The number of Topliss-reactive ketones (excluding diaryl/α,β-unsaturated/α-hetero) is 1. The third kappa shape index (κ3) is 5.17. The Morgan fingerprint density at radius 2 is 1.78 bits per heavy atom. The maximum absolute atomic E-state index is 10.8. The lowest BCUT2D eigenvalue weighted by Gasteiger charge is -2.07. The molecule has 1 aromatic carbocycles. The maximum Gasteiger partial charge on any atom is 0.129 e. The molecule has 2 heteroatoms. The van der Waals surface area contributed by atoms with Crippen molar-refractivity contribution in [3.63, 3.8) is 0 Å². The fourth-order valence-corrected chi connectivity index (χ4v) is 1.81. The number of allylic oxidation sites excluding steroid dienone is 1. The molecule has 18 heavy (non-hydrogen) atoms. The fraction of sp³-hybridized carbons (Fsp3) is 0.438. The number of rotatable bonds is 8. The van der Waals surface area contributed by atoms with E-state index in [9.17, 15) is 4.79 Å². The van der Waals surface area contributed by atoms with Crippen molar-refractivity contribution in [2.24, 2.45) is 0 Å². The van der Waals surface area contributed by atoms with Crippen LogP contribution in [0.3, 0.4) is 0 Å². The van der Waals surface area contributed by atoms with Crippen LogP contribution in [0.25, 0.3) is 5.57 Å². The van der Waals surface area contributed by atoms with Gasteiger partial charge in [0.05, 0.1) is 6.61 Å². The van der Waals surface area contributed by atoms with E-state index in [1.807, 2.05) is 31.2 Å². The highest BCUT2D eigenvalue weighted by Crippen LogP contribution is 2.22. The van der Waals surface area contributed by atoms with Crippen LogP contribution < -0.4 is 4.74 Å². The molecule has 0 spiro atoms. The Balaban J connectivity index is 2.39. The van der Waals surface area contributed by atoms with Crippen molar-refractivity contribution in [1.82, 2.24) is 0 Å². The molecule has 0 heterocycles. The lowest BCUT2D eigenvalue weighted by Crippen LogP contribution is -1.92. The molecule has 0 aliphatic heterocycles. The number of unbranched alkanes of at least 4 members (excludes halogenated alkanes) is 1.